The summed E-state index contributed by atoms with van der Waals surface area (Å²) in [4.78, 5) is 3.79. The summed E-state index contributed by atoms with van der Waals surface area (Å²) in [5.74, 6) is 0. The Bertz CT molecular complexity index is 1000. The minimum absolute atomic E-state index is 0.979. The molecule has 3 aromatic rings. The second-order valence-corrected chi connectivity index (χ2v) is 7.69. The summed E-state index contributed by atoms with van der Waals surface area (Å²) in [5.41, 5.74) is 6.59. The van der Waals surface area contributed by atoms with Gasteiger partial charge in [0.15, 0.2) is 6.20 Å². The van der Waals surface area contributed by atoms with Crippen LogP contribution in [0.1, 0.15) is 23.6 Å². The van der Waals surface area contributed by atoms with Crippen molar-refractivity contribution in [1.29, 1.82) is 0 Å². The van der Waals surface area contributed by atoms with Crippen LogP contribution < -0.4 is 9.47 Å². The summed E-state index contributed by atoms with van der Waals surface area (Å²) in [6.45, 7) is 7.59. The van der Waals surface area contributed by atoms with E-state index < -0.39 is 0 Å². The summed E-state index contributed by atoms with van der Waals surface area (Å²) in [5, 5.41) is 2.60. The van der Waals surface area contributed by atoms with Gasteiger partial charge in [0, 0.05) is 23.6 Å². The molecule has 0 bridgehead atoms. The molecule has 1 aromatic heterocycles. The van der Waals surface area contributed by atoms with Crippen molar-refractivity contribution in [2.75, 3.05) is 11.4 Å². The van der Waals surface area contributed by atoms with Gasteiger partial charge in [0.2, 0.25) is 5.52 Å². The lowest BCUT2D eigenvalue weighted by Gasteiger charge is -2.19. The number of rotatable bonds is 2. The molecule has 0 saturated heterocycles. The molecule has 0 N–H and O–H groups in total. The van der Waals surface area contributed by atoms with Crippen LogP contribution in [0.3, 0.4) is 0 Å². The second-order valence-electron chi connectivity index (χ2n) is 6.63. The monoisotopic (exact) mass is 347 g/mol. The maximum Gasteiger partial charge on any atom is 0.212 e. The standard InChI is InChI=1S/C22H23N2S/c1-5-24-20-12-15(2)16(3)13-21(20)25-22(24)14-17-10-11-23(4)19-9-7-6-8-18(17)19/h6-14H,5H2,1-4H3/q+1. The molecular formula is C22H23N2S+. The average Bonchev–Trinajstić information content (AvgIpc) is 2.94. The maximum atomic E-state index is 2.42. The highest BCUT2D eigenvalue weighted by atomic mass is 32.2. The van der Waals surface area contributed by atoms with Gasteiger partial charge in [0.05, 0.1) is 16.1 Å². The average molecular weight is 348 g/mol. The first kappa shape index (κ1) is 16.2. The third-order valence-corrected chi connectivity index (χ3v) is 6.11. The van der Waals surface area contributed by atoms with Crippen LogP contribution in [0.5, 0.6) is 0 Å². The molecule has 0 unspecified atom stereocenters. The van der Waals surface area contributed by atoms with Crippen molar-refractivity contribution in [2.24, 2.45) is 7.05 Å². The van der Waals surface area contributed by atoms with Gasteiger partial charge in [0.25, 0.3) is 0 Å². The molecule has 0 atom stereocenters. The molecule has 1 aliphatic heterocycles. The summed E-state index contributed by atoms with van der Waals surface area (Å²) in [7, 11) is 2.10. The van der Waals surface area contributed by atoms with Gasteiger partial charge in [-0.3, -0.25) is 0 Å². The van der Waals surface area contributed by atoms with E-state index in [9.17, 15) is 0 Å². The van der Waals surface area contributed by atoms with Crippen LogP contribution in [0, 0.1) is 13.8 Å². The van der Waals surface area contributed by atoms with E-state index in [1.54, 1.807) is 0 Å². The molecule has 2 nitrogen and oxygen atoms in total. The van der Waals surface area contributed by atoms with Crippen molar-refractivity contribution in [2.45, 2.75) is 25.7 Å². The van der Waals surface area contributed by atoms with E-state index in [1.165, 1.54) is 43.2 Å². The zero-order valence-corrected chi connectivity index (χ0v) is 16.0. The number of hydrogen-bond donors (Lipinski definition) is 0. The summed E-state index contributed by atoms with van der Waals surface area (Å²) in [6, 6.07) is 15.5. The number of fused-ring (bicyclic) bond motifs is 2. The SMILES string of the molecule is CCN1/C(=C/c2cc[n+](C)c3ccccc23)Sc2cc(C)c(C)cc21. The number of aromatic nitrogens is 1. The fraction of sp³-hybridized carbons (Fsp3) is 0.227. The Hall–Kier alpha value is -2.26. The Morgan fingerprint density at radius 3 is 2.64 bits per heavy atom. The Morgan fingerprint density at radius 1 is 1.08 bits per heavy atom. The van der Waals surface area contributed by atoms with E-state index in [1.807, 2.05) is 11.8 Å². The highest BCUT2D eigenvalue weighted by Gasteiger charge is 2.25. The molecule has 25 heavy (non-hydrogen) atoms. The smallest absolute Gasteiger partial charge is 0.212 e. The lowest BCUT2D eigenvalue weighted by Crippen LogP contribution is -2.28. The zero-order valence-electron chi connectivity index (χ0n) is 15.2. The third kappa shape index (κ3) is 2.73. The Kier molecular flexibility index (Phi) is 4.04. The van der Waals surface area contributed by atoms with E-state index in [0.29, 0.717) is 0 Å². The molecule has 4 rings (SSSR count). The third-order valence-electron chi connectivity index (χ3n) is 5.01. The number of para-hydroxylation sites is 1. The van der Waals surface area contributed by atoms with Crippen molar-refractivity contribution >= 4 is 34.4 Å². The molecule has 0 saturated carbocycles. The van der Waals surface area contributed by atoms with Crippen LogP contribution >= 0.6 is 11.8 Å². The van der Waals surface area contributed by atoms with Crippen LogP contribution in [-0.4, -0.2) is 6.54 Å². The fourth-order valence-corrected chi connectivity index (χ4v) is 4.69. The van der Waals surface area contributed by atoms with E-state index >= 15 is 0 Å². The van der Waals surface area contributed by atoms with Crippen molar-refractivity contribution in [3.63, 3.8) is 0 Å². The second kappa shape index (κ2) is 6.23. The molecule has 1 aliphatic rings. The maximum absolute atomic E-state index is 2.42. The highest BCUT2D eigenvalue weighted by molar-refractivity contribution is 8.03. The number of pyridine rings is 1. The number of hydrogen-bond acceptors (Lipinski definition) is 2. The lowest BCUT2D eigenvalue weighted by molar-refractivity contribution is -0.644. The normalized spacial score (nSPS) is 15.2. The Labute approximate surface area is 153 Å². The molecule has 0 aliphatic carbocycles. The molecule has 126 valence electrons. The van der Waals surface area contributed by atoms with E-state index in [0.717, 1.165) is 6.54 Å². The van der Waals surface area contributed by atoms with Gasteiger partial charge in [-0.05, 0) is 61.7 Å². The van der Waals surface area contributed by atoms with Gasteiger partial charge in [-0.1, -0.05) is 23.9 Å². The van der Waals surface area contributed by atoms with Crippen LogP contribution in [0.4, 0.5) is 5.69 Å². The van der Waals surface area contributed by atoms with Gasteiger partial charge in [-0.2, -0.15) is 0 Å². The number of thioether (sulfide) groups is 1. The quantitative estimate of drug-likeness (QED) is 0.587. The molecule has 0 fully saturated rings. The van der Waals surface area contributed by atoms with Crippen LogP contribution in [0.25, 0.3) is 17.0 Å². The first-order valence-electron chi connectivity index (χ1n) is 8.74. The van der Waals surface area contributed by atoms with Crippen LogP contribution in [0.15, 0.2) is 58.6 Å². The minimum atomic E-state index is 0.979. The molecule has 2 aromatic carbocycles. The van der Waals surface area contributed by atoms with Crippen molar-refractivity contribution in [3.8, 4) is 0 Å². The van der Waals surface area contributed by atoms with E-state index in [4.69, 9.17) is 0 Å². The van der Waals surface area contributed by atoms with Gasteiger partial charge in [-0.25, -0.2) is 4.57 Å². The number of aryl methyl sites for hydroxylation is 3. The molecule has 0 radical (unpaired) electrons. The predicted octanol–water partition coefficient (Wildman–Crippen LogP) is 5.21. The van der Waals surface area contributed by atoms with Gasteiger partial charge < -0.3 is 4.90 Å². The van der Waals surface area contributed by atoms with Crippen molar-refractivity contribution in [3.05, 3.63) is 70.4 Å². The molecule has 0 spiro atoms. The number of nitrogens with zero attached hydrogens (tertiary/aromatic N) is 2. The predicted molar refractivity (Wildman–Crippen MR) is 108 cm³/mol. The van der Waals surface area contributed by atoms with Crippen LogP contribution in [0.2, 0.25) is 0 Å². The highest BCUT2D eigenvalue weighted by Crippen LogP contribution is 2.47. The molecule has 0 amide bonds. The minimum Gasteiger partial charge on any atom is -0.335 e. The Morgan fingerprint density at radius 2 is 1.84 bits per heavy atom. The number of anilines is 1. The van der Waals surface area contributed by atoms with Gasteiger partial charge in [-0.15, -0.1) is 0 Å². The topological polar surface area (TPSA) is 7.12 Å². The van der Waals surface area contributed by atoms with E-state index in [2.05, 4.69) is 92.0 Å². The van der Waals surface area contributed by atoms with E-state index in [-0.39, 0.29) is 0 Å². The van der Waals surface area contributed by atoms with Crippen LogP contribution in [-0.2, 0) is 7.05 Å². The molecule has 2 heterocycles. The fourth-order valence-electron chi connectivity index (χ4n) is 3.43. The first-order chi connectivity index (χ1) is 12.1. The number of benzene rings is 2. The zero-order chi connectivity index (χ0) is 17.6. The summed E-state index contributed by atoms with van der Waals surface area (Å²) < 4.78 is 2.18. The summed E-state index contributed by atoms with van der Waals surface area (Å²) >= 11 is 1.88. The van der Waals surface area contributed by atoms with Crippen molar-refractivity contribution < 1.29 is 4.57 Å². The first-order valence-corrected chi connectivity index (χ1v) is 9.56. The molecular weight excluding hydrogens is 324 g/mol. The molecule has 3 heteroatoms. The Balaban J connectivity index is 1.84. The van der Waals surface area contributed by atoms with Gasteiger partial charge >= 0.3 is 0 Å². The summed E-state index contributed by atoms with van der Waals surface area (Å²) in [6.07, 6.45) is 4.48. The lowest BCUT2D eigenvalue weighted by atomic mass is 10.1. The van der Waals surface area contributed by atoms with Gasteiger partial charge in [0.1, 0.15) is 7.05 Å². The van der Waals surface area contributed by atoms with Crippen molar-refractivity contribution in [1.82, 2.24) is 0 Å². The largest absolute Gasteiger partial charge is 0.335 e.